The van der Waals surface area contributed by atoms with Crippen LogP contribution in [0.25, 0.3) is 0 Å². The Labute approximate surface area is 123 Å². The Kier molecular flexibility index (Phi) is 3.88. The molecule has 6 heteroatoms. The predicted octanol–water partition coefficient (Wildman–Crippen LogP) is 1.08. The second-order valence-corrected chi connectivity index (χ2v) is 5.76. The monoisotopic (exact) mass is 289 g/mol. The second kappa shape index (κ2) is 5.81. The van der Waals surface area contributed by atoms with E-state index in [1.807, 2.05) is 6.07 Å². The first kappa shape index (κ1) is 14.0. The number of carbonyl (C=O) groups is 2. The number of carbonyl (C=O) groups excluding carboxylic acids is 2. The molecule has 21 heavy (non-hydrogen) atoms. The highest BCUT2D eigenvalue weighted by molar-refractivity contribution is 6.05. The van der Waals surface area contributed by atoms with Crippen LogP contribution in [-0.2, 0) is 21.0 Å². The van der Waals surface area contributed by atoms with E-state index in [1.165, 1.54) is 0 Å². The topological polar surface area (TPSA) is 80.3 Å². The quantitative estimate of drug-likeness (QED) is 0.606. The number of pyridine rings is 1. The van der Waals surface area contributed by atoms with Gasteiger partial charge in [0.2, 0.25) is 5.91 Å². The zero-order valence-electron chi connectivity index (χ0n) is 11.8. The van der Waals surface area contributed by atoms with Crippen LogP contribution in [0.15, 0.2) is 24.5 Å². The molecule has 2 aliphatic carbocycles. The van der Waals surface area contributed by atoms with Crippen molar-refractivity contribution < 1.29 is 14.4 Å². The predicted molar refractivity (Wildman–Crippen MR) is 74.6 cm³/mol. The molecule has 0 atom stereocenters. The van der Waals surface area contributed by atoms with Crippen LogP contribution in [0.1, 0.15) is 37.7 Å². The maximum Gasteiger partial charge on any atom is 0.259 e. The number of nitrogens with one attached hydrogen (secondary N) is 2. The molecule has 2 fully saturated rings. The van der Waals surface area contributed by atoms with E-state index in [0.29, 0.717) is 12.8 Å². The Morgan fingerprint density at radius 1 is 1.33 bits per heavy atom. The minimum absolute atomic E-state index is 0.154. The lowest BCUT2D eigenvalue weighted by atomic mass is 9.67. The number of nitrogens with zero attached hydrogens (tertiary/aromatic N) is 1. The number of amides is 2. The zero-order chi connectivity index (χ0) is 14.7. The van der Waals surface area contributed by atoms with Gasteiger partial charge in [-0.3, -0.25) is 19.4 Å². The van der Waals surface area contributed by atoms with Gasteiger partial charge in [0, 0.05) is 18.4 Å². The third-order valence-electron chi connectivity index (χ3n) is 4.12. The van der Waals surface area contributed by atoms with Gasteiger partial charge in [0.25, 0.3) is 5.91 Å². The SMILES string of the molecule is O=C(NOCc1cccnc1)C1(C(=O)NC2CC2)CCC1. The molecule has 2 N–H and O–H groups in total. The van der Waals surface area contributed by atoms with Crippen molar-refractivity contribution >= 4 is 11.8 Å². The van der Waals surface area contributed by atoms with Crippen LogP contribution in [0, 0.1) is 5.41 Å². The lowest BCUT2D eigenvalue weighted by Crippen LogP contribution is -2.55. The molecule has 0 aliphatic heterocycles. The van der Waals surface area contributed by atoms with E-state index in [1.54, 1.807) is 18.5 Å². The first-order valence-corrected chi connectivity index (χ1v) is 7.33. The summed E-state index contributed by atoms with van der Waals surface area (Å²) in [6, 6.07) is 3.92. The summed E-state index contributed by atoms with van der Waals surface area (Å²) in [5, 5.41) is 2.92. The molecule has 2 saturated carbocycles. The second-order valence-electron chi connectivity index (χ2n) is 5.76. The fraction of sp³-hybridized carbons (Fsp3) is 0.533. The Balaban J connectivity index is 1.52. The van der Waals surface area contributed by atoms with E-state index < -0.39 is 5.41 Å². The Bertz CT molecular complexity index is 524. The summed E-state index contributed by atoms with van der Waals surface area (Å²) in [7, 11) is 0. The Morgan fingerprint density at radius 3 is 2.71 bits per heavy atom. The number of hydroxylamine groups is 1. The van der Waals surface area contributed by atoms with Crippen molar-refractivity contribution in [1.82, 2.24) is 15.8 Å². The van der Waals surface area contributed by atoms with Gasteiger partial charge in [0.1, 0.15) is 12.0 Å². The number of hydrogen-bond acceptors (Lipinski definition) is 4. The van der Waals surface area contributed by atoms with Gasteiger partial charge in [-0.05, 0) is 37.3 Å². The molecule has 1 aromatic rings. The van der Waals surface area contributed by atoms with Gasteiger partial charge in [-0.15, -0.1) is 0 Å². The van der Waals surface area contributed by atoms with Gasteiger partial charge in [-0.1, -0.05) is 12.5 Å². The van der Waals surface area contributed by atoms with Gasteiger partial charge in [0.15, 0.2) is 0 Å². The molecule has 1 heterocycles. The number of rotatable bonds is 6. The summed E-state index contributed by atoms with van der Waals surface area (Å²) in [6.07, 6.45) is 7.45. The van der Waals surface area contributed by atoms with Crippen LogP contribution in [-0.4, -0.2) is 22.8 Å². The summed E-state index contributed by atoms with van der Waals surface area (Å²) in [5.41, 5.74) is 2.35. The van der Waals surface area contributed by atoms with Crippen molar-refractivity contribution in [2.24, 2.45) is 5.41 Å². The van der Waals surface area contributed by atoms with Gasteiger partial charge in [0.05, 0.1) is 0 Å². The summed E-state index contributed by atoms with van der Waals surface area (Å²) >= 11 is 0. The zero-order valence-corrected chi connectivity index (χ0v) is 11.8. The van der Waals surface area contributed by atoms with Gasteiger partial charge in [-0.2, -0.15) is 0 Å². The van der Waals surface area contributed by atoms with Crippen molar-refractivity contribution in [1.29, 1.82) is 0 Å². The average Bonchev–Trinajstić information content (AvgIpc) is 3.22. The highest BCUT2D eigenvalue weighted by Gasteiger charge is 2.51. The molecular weight excluding hydrogens is 270 g/mol. The molecule has 6 nitrogen and oxygen atoms in total. The molecule has 0 unspecified atom stereocenters. The first-order chi connectivity index (χ1) is 10.2. The fourth-order valence-corrected chi connectivity index (χ4v) is 2.40. The molecule has 1 aromatic heterocycles. The van der Waals surface area contributed by atoms with E-state index >= 15 is 0 Å². The van der Waals surface area contributed by atoms with E-state index in [-0.39, 0.29) is 24.5 Å². The maximum atomic E-state index is 12.3. The summed E-state index contributed by atoms with van der Waals surface area (Å²) in [5.74, 6) is -0.491. The maximum absolute atomic E-state index is 12.3. The van der Waals surface area contributed by atoms with Gasteiger partial charge < -0.3 is 5.32 Å². The normalized spacial score (nSPS) is 19.4. The van der Waals surface area contributed by atoms with Crippen LogP contribution in [0.5, 0.6) is 0 Å². The van der Waals surface area contributed by atoms with Crippen molar-refractivity contribution in [2.45, 2.75) is 44.8 Å². The average molecular weight is 289 g/mol. The van der Waals surface area contributed by atoms with E-state index in [9.17, 15) is 9.59 Å². The van der Waals surface area contributed by atoms with Crippen LogP contribution >= 0.6 is 0 Å². The van der Waals surface area contributed by atoms with E-state index in [2.05, 4.69) is 15.8 Å². The first-order valence-electron chi connectivity index (χ1n) is 7.33. The lowest BCUT2D eigenvalue weighted by molar-refractivity contribution is -0.159. The van der Waals surface area contributed by atoms with E-state index in [0.717, 1.165) is 24.8 Å². The molecule has 2 aliphatic rings. The molecule has 0 saturated heterocycles. The summed E-state index contributed by atoms with van der Waals surface area (Å²) < 4.78 is 0. The highest BCUT2D eigenvalue weighted by atomic mass is 16.6. The molecule has 0 spiro atoms. The standard InChI is InChI=1S/C15H19N3O3/c19-13(17-12-4-5-12)15(6-2-7-15)14(20)18-21-10-11-3-1-8-16-9-11/h1,3,8-9,12H,2,4-7,10H2,(H,17,19)(H,18,20). The smallest absolute Gasteiger partial charge is 0.259 e. The van der Waals surface area contributed by atoms with Crippen LogP contribution in [0.2, 0.25) is 0 Å². The molecular formula is C15H19N3O3. The lowest BCUT2D eigenvalue weighted by Gasteiger charge is -2.38. The molecule has 2 amide bonds. The van der Waals surface area contributed by atoms with Crippen LogP contribution in [0.4, 0.5) is 0 Å². The van der Waals surface area contributed by atoms with Crippen molar-refractivity contribution in [2.75, 3.05) is 0 Å². The van der Waals surface area contributed by atoms with Gasteiger partial charge in [-0.25, -0.2) is 5.48 Å². The largest absolute Gasteiger partial charge is 0.352 e. The molecule has 0 aromatic carbocycles. The van der Waals surface area contributed by atoms with Crippen molar-refractivity contribution in [3.8, 4) is 0 Å². The van der Waals surface area contributed by atoms with E-state index in [4.69, 9.17) is 4.84 Å². The number of aromatic nitrogens is 1. The summed E-state index contributed by atoms with van der Waals surface area (Å²) in [4.78, 5) is 33.7. The van der Waals surface area contributed by atoms with Crippen LogP contribution < -0.4 is 10.8 Å². The molecule has 3 rings (SSSR count). The highest BCUT2D eigenvalue weighted by Crippen LogP contribution is 2.42. The van der Waals surface area contributed by atoms with Crippen molar-refractivity contribution in [3.63, 3.8) is 0 Å². The minimum Gasteiger partial charge on any atom is -0.352 e. The molecule has 0 bridgehead atoms. The van der Waals surface area contributed by atoms with Crippen molar-refractivity contribution in [3.05, 3.63) is 30.1 Å². The molecule has 0 radical (unpaired) electrons. The van der Waals surface area contributed by atoms with Gasteiger partial charge >= 0.3 is 0 Å². The molecule has 112 valence electrons. The number of hydrogen-bond donors (Lipinski definition) is 2. The third kappa shape index (κ3) is 3.05. The third-order valence-corrected chi connectivity index (χ3v) is 4.12. The summed E-state index contributed by atoms with van der Waals surface area (Å²) in [6.45, 7) is 0.236. The fourth-order valence-electron chi connectivity index (χ4n) is 2.40. The minimum atomic E-state index is -0.933. The van der Waals surface area contributed by atoms with Crippen LogP contribution in [0.3, 0.4) is 0 Å². The Morgan fingerprint density at radius 2 is 2.14 bits per heavy atom. The Hall–Kier alpha value is -1.95.